The van der Waals surface area contributed by atoms with Crippen molar-refractivity contribution in [2.45, 2.75) is 71.8 Å². The summed E-state index contributed by atoms with van der Waals surface area (Å²) >= 11 is 0. The molecule has 6 heteroatoms. The molecule has 33 heavy (non-hydrogen) atoms. The predicted molar refractivity (Wildman–Crippen MR) is 137 cm³/mol. The third-order valence-corrected chi connectivity index (χ3v) is 7.72. The summed E-state index contributed by atoms with van der Waals surface area (Å²) in [4.78, 5) is 16.1. The molecule has 3 aromatic rings. The van der Waals surface area contributed by atoms with E-state index in [1.807, 2.05) is 14.0 Å². The number of fused-ring (bicyclic) bond motifs is 2. The molecule has 3 heterocycles. The van der Waals surface area contributed by atoms with Crippen LogP contribution in [0.2, 0.25) is 0 Å². The summed E-state index contributed by atoms with van der Waals surface area (Å²) < 4.78 is 0. The molecule has 6 nitrogen and oxygen atoms in total. The Morgan fingerprint density at radius 2 is 2.03 bits per heavy atom. The van der Waals surface area contributed by atoms with Gasteiger partial charge in [0.25, 0.3) is 0 Å². The molecular formula is C27H39N5O. The molecule has 1 saturated heterocycles. The van der Waals surface area contributed by atoms with Gasteiger partial charge in [-0.3, -0.25) is 10.00 Å². The van der Waals surface area contributed by atoms with E-state index >= 15 is 0 Å². The number of hydrogen-bond acceptors (Lipinski definition) is 4. The van der Waals surface area contributed by atoms with E-state index in [0.29, 0.717) is 5.41 Å². The summed E-state index contributed by atoms with van der Waals surface area (Å²) in [6.07, 6.45) is 9.58. The van der Waals surface area contributed by atoms with Crippen molar-refractivity contribution in [1.29, 1.82) is 0 Å². The highest BCUT2D eigenvalue weighted by Crippen LogP contribution is 2.40. The molecule has 2 aliphatic rings. The fourth-order valence-electron chi connectivity index (χ4n) is 5.11. The molecule has 5 rings (SSSR count). The van der Waals surface area contributed by atoms with Crippen molar-refractivity contribution in [3.05, 3.63) is 35.5 Å². The van der Waals surface area contributed by atoms with E-state index in [4.69, 9.17) is 0 Å². The lowest BCUT2D eigenvalue weighted by Gasteiger charge is -2.32. The lowest BCUT2D eigenvalue weighted by Crippen LogP contribution is -2.38. The van der Waals surface area contributed by atoms with Gasteiger partial charge in [0.05, 0.1) is 11.7 Å². The smallest absolute Gasteiger partial charge is 0.136 e. The van der Waals surface area contributed by atoms with Gasteiger partial charge >= 0.3 is 0 Å². The maximum Gasteiger partial charge on any atom is 0.136 e. The van der Waals surface area contributed by atoms with Gasteiger partial charge in [0.15, 0.2) is 0 Å². The quantitative estimate of drug-likeness (QED) is 0.445. The topological polar surface area (TPSA) is 76.8 Å². The summed E-state index contributed by atoms with van der Waals surface area (Å²) in [5.74, 6) is 0. The molecular weight excluding hydrogens is 410 g/mol. The number of rotatable bonds is 5. The number of benzene rings is 1. The second-order valence-electron chi connectivity index (χ2n) is 10.1. The van der Waals surface area contributed by atoms with Crippen molar-refractivity contribution in [3.63, 3.8) is 0 Å². The van der Waals surface area contributed by atoms with Crippen LogP contribution in [0.4, 0.5) is 5.69 Å². The number of aromatic nitrogens is 3. The Labute approximate surface area is 197 Å². The highest BCUT2D eigenvalue weighted by Gasteiger charge is 2.31. The van der Waals surface area contributed by atoms with Crippen molar-refractivity contribution in [1.82, 2.24) is 20.1 Å². The molecule has 1 unspecified atom stereocenters. The van der Waals surface area contributed by atoms with Gasteiger partial charge in [0, 0.05) is 34.9 Å². The van der Waals surface area contributed by atoms with Crippen molar-refractivity contribution < 1.29 is 4.79 Å². The molecule has 1 aliphatic carbocycles. The summed E-state index contributed by atoms with van der Waals surface area (Å²) in [6, 6.07) is 8.74. The Morgan fingerprint density at radius 3 is 2.73 bits per heavy atom. The Bertz CT molecular complexity index is 1080. The van der Waals surface area contributed by atoms with Crippen LogP contribution in [0.3, 0.4) is 0 Å². The van der Waals surface area contributed by atoms with Crippen LogP contribution in [0.15, 0.2) is 24.3 Å². The third-order valence-electron chi connectivity index (χ3n) is 7.72. The van der Waals surface area contributed by atoms with Crippen LogP contribution in [-0.2, 0) is 17.6 Å². The van der Waals surface area contributed by atoms with Gasteiger partial charge in [-0.1, -0.05) is 32.8 Å². The number of H-pyrrole nitrogens is 2. The van der Waals surface area contributed by atoms with E-state index in [1.165, 1.54) is 48.7 Å². The zero-order valence-corrected chi connectivity index (χ0v) is 20.6. The first-order valence-corrected chi connectivity index (χ1v) is 12.5. The van der Waals surface area contributed by atoms with Crippen LogP contribution < -0.4 is 5.32 Å². The number of carbonyl (C=O) groups is 1. The minimum absolute atomic E-state index is 0.139. The summed E-state index contributed by atoms with van der Waals surface area (Å²) in [5, 5.41) is 12.3. The fraction of sp³-hybridized carbons (Fsp3) is 0.556. The number of nitrogens with one attached hydrogen (secondary N) is 3. The van der Waals surface area contributed by atoms with E-state index in [9.17, 15) is 4.79 Å². The Hall–Kier alpha value is -2.60. The number of aldehydes is 1. The highest BCUT2D eigenvalue weighted by molar-refractivity contribution is 5.88. The Balaban J connectivity index is 0.000000219. The van der Waals surface area contributed by atoms with Gasteiger partial charge in [-0.15, -0.1) is 0 Å². The van der Waals surface area contributed by atoms with E-state index in [2.05, 4.69) is 63.5 Å². The number of hydrogen-bond donors (Lipinski definition) is 3. The normalized spacial score (nSPS) is 21.7. The first-order chi connectivity index (χ1) is 16.0. The number of likely N-dealkylation sites (tertiary alicyclic amines) is 1. The molecule has 3 N–H and O–H groups in total. The van der Waals surface area contributed by atoms with Gasteiger partial charge < -0.3 is 15.1 Å². The molecule has 0 spiro atoms. The largest absolute Gasteiger partial charge is 0.388 e. The van der Waals surface area contributed by atoms with E-state index < -0.39 is 0 Å². The maximum atomic E-state index is 10.4. The Morgan fingerprint density at radius 1 is 1.24 bits per heavy atom. The van der Waals surface area contributed by atoms with Crippen LogP contribution in [0.1, 0.15) is 64.1 Å². The van der Waals surface area contributed by atoms with E-state index in [1.54, 1.807) is 0 Å². The third kappa shape index (κ3) is 5.16. The molecule has 2 atom stereocenters. The number of piperidine rings is 1. The number of carbonyl (C=O) groups excluding carboxylic acids is 1. The van der Waals surface area contributed by atoms with Gasteiger partial charge in [-0.25, -0.2) is 0 Å². The minimum atomic E-state index is 0.139. The molecule has 0 radical (unpaired) electrons. The SMILES string of the molecule is CCC1(C)CCc2c(-c3cc4ccc(NC)cc4[nH]3)n[nH]c2C1.C[C@@H](C=O)N1CCCCC1. The highest BCUT2D eigenvalue weighted by atomic mass is 16.1. The second-order valence-corrected chi connectivity index (χ2v) is 10.1. The zero-order valence-electron chi connectivity index (χ0n) is 20.6. The predicted octanol–water partition coefficient (Wildman–Crippen LogP) is 5.56. The van der Waals surface area contributed by atoms with Crippen LogP contribution >= 0.6 is 0 Å². The molecule has 0 bridgehead atoms. The van der Waals surface area contributed by atoms with Gasteiger partial charge in [-0.2, -0.15) is 5.10 Å². The molecule has 0 saturated carbocycles. The summed E-state index contributed by atoms with van der Waals surface area (Å²) in [6.45, 7) is 8.87. The maximum absolute atomic E-state index is 10.4. The Kier molecular flexibility index (Phi) is 7.23. The average molecular weight is 450 g/mol. The number of aromatic amines is 2. The van der Waals surface area contributed by atoms with E-state index in [-0.39, 0.29) is 6.04 Å². The first-order valence-electron chi connectivity index (χ1n) is 12.5. The zero-order chi connectivity index (χ0) is 23.4. The summed E-state index contributed by atoms with van der Waals surface area (Å²) in [7, 11) is 1.94. The molecule has 2 aromatic heterocycles. The van der Waals surface area contributed by atoms with Gasteiger partial charge in [-0.05, 0) is 75.7 Å². The number of nitrogens with zero attached hydrogens (tertiary/aromatic N) is 2. The minimum Gasteiger partial charge on any atom is -0.388 e. The van der Waals surface area contributed by atoms with Gasteiger partial charge in [0.1, 0.15) is 12.0 Å². The lowest BCUT2D eigenvalue weighted by molar-refractivity contribution is -0.112. The second kappa shape index (κ2) is 10.1. The van der Waals surface area contributed by atoms with Crippen molar-refractivity contribution in [2.24, 2.45) is 5.41 Å². The van der Waals surface area contributed by atoms with Crippen molar-refractivity contribution in [3.8, 4) is 11.4 Å². The average Bonchev–Trinajstić information content (AvgIpc) is 3.47. The van der Waals surface area contributed by atoms with Gasteiger partial charge in [0.2, 0.25) is 0 Å². The standard InChI is InChI=1S/C19H24N4.C8H15NO/c1-4-19(2)8-7-14-17(11-19)22-23-18(14)16-9-12-5-6-13(20-3)10-15(12)21-16;1-8(7-10)9-5-3-2-4-6-9/h5-6,9-10,20-21H,4,7-8,11H2,1-3H3,(H,22,23);7-8H,2-6H2,1H3/t;8-/m.0/s1. The first kappa shape index (κ1) is 23.6. The molecule has 0 amide bonds. The van der Waals surface area contributed by atoms with Crippen molar-refractivity contribution >= 4 is 22.9 Å². The van der Waals surface area contributed by atoms with Crippen LogP contribution in [0.5, 0.6) is 0 Å². The van der Waals surface area contributed by atoms with Crippen LogP contribution in [-0.4, -0.2) is 52.5 Å². The van der Waals surface area contributed by atoms with E-state index in [0.717, 1.165) is 54.8 Å². The summed E-state index contributed by atoms with van der Waals surface area (Å²) in [5.41, 5.74) is 7.62. The lowest BCUT2D eigenvalue weighted by atomic mass is 9.73. The fourth-order valence-corrected chi connectivity index (χ4v) is 5.11. The number of anilines is 1. The van der Waals surface area contributed by atoms with Crippen LogP contribution in [0.25, 0.3) is 22.3 Å². The van der Waals surface area contributed by atoms with Crippen molar-refractivity contribution in [2.75, 3.05) is 25.5 Å². The molecule has 1 fully saturated rings. The monoisotopic (exact) mass is 449 g/mol. The molecule has 1 aliphatic heterocycles. The molecule has 178 valence electrons. The molecule has 1 aromatic carbocycles. The van der Waals surface area contributed by atoms with Crippen LogP contribution in [0, 0.1) is 5.41 Å².